The van der Waals surface area contributed by atoms with Crippen molar-refractivity contribution in [3.63, 3.8) is 0 Å². The number of likely N-dealkylation sites (tertiary alicyclic amines) is 1. The van der Waals surface area contributed by atoms with E-state index in [-0.39, 0.29) is 0 Å². The van der Waals surface area contributed by atoms with Gasteiger partial charge in [0.2, 0.25) is 0 Å². The number of hydrogen-bond acceptors (Lipinski definition) is 3. The van der Waals surface area contributed by atoms with Crippen molar-refractivity contribution in [2.75, 3.05) is 39.8 Å². The van der Waals surface area contributed by atoms with Gasteiger partial charge in [-0.15, -0.1) is 0 Å². The summed E-state index contributed by atoms with van der Waals surface area (Å²) < 4.78 is 5.46. The normalized spacial score (nSPS) is 16.0. The first kappa shape index (κ1) is 18.6. The van der Waals surface area contributed by atoms with Gasteiger partial charge >= 0.3 is 0 Å². The Bertz CT molecular complexity index is 524. The van der Waals surface area contributed by atoms with Gasteiger partial charge in [0, 0.05) is 25.2 Å². The fourth-order valence-electron chi connectivity index (χ4n) is 3.00. The van der Waals surface area contributed by atoms with Gasteiger partial charge in [-0.1, -0.05) is 18.6 Å². The minimum absolute atomic E-state index is 0.614. The Balaban J connectivity index is 1.87. The van der Waals surface area contributed by atoms with E-state index in [9.17, 15) is 0 Å². The molecule has 0 atom stereocenters. The van der Waals surface area contributed by atoms with E-state index in [1.54, 1.807) is 7.11 Å². The van der Waals surface area contributed by atoms with Crippen LogP contribution in [0.25, 0.3) is 0 Å². The molecule has 0 radical (unpaired) electrons. The number of methoxy groups -OCH3 is 1. The first-order valence-electron chi connectivity index (χ1n) is 9.11. The lowest BCUT2D eigenvalue weighted by atomic mass is 10.1. The third-order valence-corrected chi connectivity index (χ3v) is 4.36. The summed E-state index contributed by atoms with van der Waals surface area (Å²) in [6.07, 6.45) is 4.05. The Hall–Kier alpha value is -1.75. The summed E-state index contributed by atoms with van der Waals surface area (Å²) in [6.45, 7) is 10.1. The number of guanidine groups is 1. The Labute approximate surface area is 146 Å². The number of rotatable bonds is 7. The fraction of sp³-hybridized carbons (Fsp3) is 0.632. The van der Waals surface area contributed by atoms with Gasteiger partial charge in [0.15, 0.2) is 5.96 Å². The van der Waals surface area contributed by atoms with Crippen molar-refractivity contribution < 1.29 is 4.74 Å². The number of nitrogens with zero attached hydrogens (tertiary/aromatic N) is 2. The Morgan fingerprint density at radius 3 is 2.71 bits per heavy atom. The molecular formula is C19H32N4O. The molecular weight excluding hydrogens is 300 g/mol. The highest BCUT2D eigenvalue weighted by Crippen LogP contribution is 2.20. The van der Waals surface area contributed by atoms with Crippen LogP contribution in [-0.4, -0.2) is 50.7 Å². The van der Waals surface area contributed by atoms with Crippen molar-refractivity contribution in [2.45, 2.75) is 39.7 Å². The zero-order valence-electron chi connectivity index (χ0n) is 15.4. The number of aryl methyl sites for hydroxylation is 1. The van der Waals surface area contributed by atoms with Crippen molar-refractivity contribution in [2.24, 2.45) is 4.99 Å². The lowest BCUT2D eigenvalue weighted by Gasteiger charge is -2.26. The molecule has 0 aliphatic carbocycles. The van der Waals surface area contributed by atoms with E-state index in [1.807, 2.05) is 0 Å². The largest absolute Gasteiger partial charge is 0.496 e. The van der Waals surface area contributed by atoms with Crippen molar-refractivity contribution in [1.82, 2.24) is 15.5 Å². The second kappa shape index (κ2) is 10.2. The maximum Gasteiger partial charge on any atom is 0.191 e. The van der Waals surface area contributed by atoms with Gasteiger partial charge in [-0.2, -0.15) is 0 Å². The summed E-state index contributed by atoms with van der Waals surface area (Å²) in [5.41, 5.74) is 2.31. The van der Waals surface area contributed by atoms with Crippen LogP contribution in [0.3, 0.4) is 0 Å². The number of benzene rings is 1. The van der Waals surface area contributed by atoms with Crippen molar-refractivity contribution >= 4 is 5.96 Å². The number of piperidine rings is 1. The molecule has 5 heteroatoms. The average molecular weight is 332 g/mol. The standard InChI is InChI=1S/C19H32N4O/c1-4-20-19(21-10-13-23-11-6-5-7-12-23)22-15-17-9-8-16(2)14-18(17)24-3/h8-9,14H,4-7,10-13,15H2,1-3H3,(H2,20,21,22). The molecule has 0 amide bonds. The van der Waals surface area contributed by atoms with Crippen LogP contribution in [0.5, 0.6) is 5.75 Å². The SMILES string of the molecule is CCNC(=NCc1ccc(C)cc1OC)NCCN1CCCCC1. The molecule has 1 saturated heterocycles. The molecule has 2 N–H and O–H groups in total. The molecule has 0 spiro atoms. The molecule has 2 rings (SSSR count). The maximum atomic E-state index is 5.46. The second-order valence-electron chi connectivity index (χ2n) is 6.34. The van der Waals surface area contributed by atoms with Gasteiger partial charge in [-0.25, -0.2) is 4.99 Å². The summed E-state index contributed by atoms with van der Waals surface area (Å²) in [4.78, 5) is 7.23. The lowest BCUT2D eigenvalue weighted by molar-refractivity contribution is 0.232. The van der Waals surface area contributed by atoms with Crippen LogP contribution in [0, 0.1) is 6.92 Å². The minimum atomic E-state index is 0.614. The topological polar surface area (TPSA) is 48.9 Å². The van der Waals surface area contributed by atoms with Crippen molar-refractivity contribution in [3.8, 4) is 5.75 Å². The Morgan fingerprint density at radius 1 is 1.21 bits per heavy atom. The van der Waals surface area contributed by atoms with E-state index in [4.69, 9.17) is 9.73 Å². The van der Waals surface area contributed by atoms with Crippen LogP contribution < -0.4 is 15.4 Å². The summed E-state index contributed by atoms with van der Waals surface area (Å²) in [5.74, 6) is 1.78. The van der Waals surface area contributed by atoms with Crippen molar-refractivity contribution in [1.29, 1.82) is 0 Å². The van der Waals surface area contributed by atoms with E-state index in [0.717, 1.165) is 36.9 Å². The molecule has 1 aromatic rings. The first-order valence-corrected chi connectivity index (χ1v) is 9.11. The quantitative estimate of drug-likeness (QED) is 0.595. The Kier molecular flexibility index (Phi) is 7.89. The highest BCUT2D eigenvalue weighted by atomic mass is 16.5. The van der Waals surface area contributed by atoms with Crippen LogP contribution in [-0.2, 0) is 6.54 Å². The van der Waals surface area contributed by atoms with Crippen LogP contribution >= 0.6 is 0 Å². The van der Waals surface area contributed by atoms with Gasteiger partial charge in [0.1, 0.15) is 5.75 Å². The van der Waals surface area contributed by atoms with Gasteiger partial charge in [0.25, 0.3) is 0 Å². The number of aliphatic imine (C=N–C) groups is 1. The molecule has 24 heavy (non-hydrogen) atoms. The molecule has 1 heterocycles. The third-order valence-electron chi connectivity index (χ3n) is 4.36. The smallest absolute Gasteiger partial charge is 0.191 e. The van der Waals surface area contributed by atoms with Gasteiger partial charge in [0.05, 0.1) is 13.7 Å². The van der Waals surface area contributed by atoms with Crippen molar-refractivity contribution in [3.05, 3.63) is 29.3 Å². The zero-order chi connectivity index (χ0) is 17.2. The van der Waals surface area contributed by atoms with Crippen LogP contribution in [0.2, 0.25) is 0 Å². The van der Waals surface area contributed by atoms with Gasteiger partial charge in [-0.05, 0) is 51.4 Å². The summed E-state index contributed by atoms with van der Waals surface area (Å²) in [6, 6.07) is 6.25. The predicted molar refractivity (Wildman–Crippen MR) is 101 cm³/mol. The average Bonchev–Trinajstić information content (AvgIpc) is 2.61. The van der Waals surface area contributed by atoms with Crippen LogP contribution in [0.1, 0.15) is 37.3 Å². The van der Waals surface area contributed by atoms with E-state index >= 15 is 0 Å². The highest BCUT2D eigenvalue weighted by molar-refractivity contribution is 5.79. The minimum Gasteiger partial charge on any atom is -0.496 e. The van der Waals surface area contributed by atoms with Crippen LogP contribution in [0.4, 0.5) is 0 Å². The summed E-state index contributed by atoms with van der Waals surface area (Å²) in [5, 5.41) is 6.76. The third kappa shape index (κ3) is 6.04. The summed E-state index contributed by atoms with van der Waals surface area (Å²) >= 11 is 0. The lowest BCUT2D eigenvalue weighted by Crippen LogP contribution is -2.42. The van der Waals surface area contributed by atoms with Crippen LogP contribution in [0.15, 0.2) is 23.2 Å². The van der Waals surface area contributed by atoms with E-state index < -0.39 is 0 Å². The first-order chi connectivity index (χ1) is 11.7. The highest BCUT2D eigenvalue weighted by Gasteiger charge is 2.09. The maximum absolute atomic E-state index is 5.46. The zero-order valence-corrected chi connectivity index (χ0v) is 15.4. The van der Waals surface area contributed by atoms with Gasteiger partial charge in [-0.3, -0.25) is 0 Å². The van der Waals surface area contributed by atoms with E-state index in [1.165, 1.54) is 37.9 Å². The molecule has 1 aliphatic heterocycles. The molecule has 1 aromatic carbocycles. The number of ether oxygens (including phenoxy) is 1. The Morgan fingerprint density at radius 2 is 2.00 bits per heavy atom. The van der Waals surface area contributed by atoms with Gasteiger partial charge < -0.3 is 20.3 Å². The molecule has 0 unspecified atom stereocenters. The summed E-state index contributed by atoms with van der Waals surface area (Å²) in [7, 11) is 1.71. The fourth-order valence-corrected chi connectivity index (χ4v) is 3.00. The molecule has 0 bridgehead atoms. The number of nitrogens with one attached hydrogen (secondary N) is 2. The second-order valence-corrected chi connectivity index (χ2v) is 6.34. The molecule has 134 valence electrons. The molecule has 0 aromatic heterocycles. The number of hydrogen-bond donors (Lipinski definition) is 2. The predicted octanol–water partition coefficient (Wildman–Crippen LogP) is 2.54. The molecule has 5 nitrogen and oxygen atoms in total. The molecule has 1 fully saturated rings. The monoisotopic (exact) mass is 332 g/mol. The molecule has 0 saturated carbocycles. The van der Waals surface area contributed by atoms with E-state index in [2.05, 4.69) is 47.6 Å². The van der Waals surface area contributed by atoms with E-state index in [0.29, 0.717) is 6.54 Å². The molecule has 1 aliphatic rings.